The predicted octanol–water partition coefficient (Wildman–Crippen LogP) is 2.72. The summed E-state index contributed by atoms with van der Waals surface area (Å²) < 4.78 is 11.3. The van der Waals surface area contributed by atoms with Gasteiger partial charge < -0.3 is 49.5 Å². The van der Waals surface area contributed by atoms with E-state index in [1.54, 1.807) is 14.2 Å². The Hall–Kier alpha value is -4.58. The molecule has 4 N–H and O–H groups in total. The van der Waals surface area contributed by atoms with Crippen LogP contribution in [0.4, 0.5) is 23.5 Å². The van der Waals surface area contributed by atoms with E-state index in [1.165, 1.54) is 0 Å². The molecule has 0 atom stereocenters. The van der Waals surface area contributed by atoms with Crippen molar-refractivity contribution in [1.82, 2.24) is 19.9 Å². The van der Waals surface area contributed by atoms with Crippen LogP contribution in [0.5, 0.6) is 0 Å². The maximum atomic E-state index is 11.4. The van der Waals surface area contributed by atoms with Crippen molar-refractivity contribution in [2.24, 2.45) is 0 Å². The molecule has 0 aliphatic carbocycles. The molecule has 18 heteroatoms. The number of piperidine rings is 2. The lowest BCUT2D eigenvalue weighted by Gasteiger charge is -2.35. The third kappa shape index (κ3) is 11.7. The standard InChI is InChI=1S/C34H52N8O10/c1-51-23-11-19-39(20-12-23)31-29-30(36-33(37-31)41(15-3-7-25(43)44)16-4-8-26(45)46)32(40-21-13-24(52-2)14-22-40)38-34(35-29)42(17-5-9-27(47)48)18-6-10-28(49)50/h23-24H,3-22H2,1-2H3,(H,43,44)(H,45,46)(H,47,48)(H,49,50). The van der Waals surface area contributed by atoms with Crippen LogP contribution >= 0.6 is 0 Å². The van der Waals surface area contributed by atoms with Gasteiger partial charge in [0.1, 0.15) is 11.0 Å². The summed E-state index contributed by atoms with van der Waals surface area (Å²) in [6, 6.07) is 0. The number of anilines is 4. The van der Waals surface area contributed by atoms with Gasteiger partial charge in [0.05, 0.1) is 12.2 Å². The monoisotopic (exact) mass is 732 g/mol. The first kappa shape index (κ1) is 40.2. The van der Waals surface area contributed by atoms with Crippen LogP contribution in [0.1, 0.15) is 77.0 Å². The molecule has 0 spiro atoms. The highest BCUT2D eigenvalue weighted by Crippen LogP contribution is 2.35. The van der Waals surface area contributed by atoms with Crippen LogP contribution in [-0.4, -0.2) is 143 Å². The van der Waals surface area contributed by atoms with Gasteiger partial charge in [-0.15, -0.1) is 0 Å². The molecule has 2 aromatic rings. The molecule has 0 amide bonds. The molecule has 52 heavy (non-hydrogen) atoms. The summed E-state index contributed by atoms with van der Waals surface area (Å²) >= 11 is 0. The average molecular weight is 733 g/mol. The molecule has 0 saturated carbocycles. The molecule has 0 radical (unpaired) electrons. The third-order valence-corrected chi connectivity index (χ3v) is 9.47. The van der Waals surface area contributed by atoms with Crippen LogP contribution in [0.3, 0.4) is 0 Å². The first-order valence-corrected chi connectivity index (χ1v) is 18.0. The topological polar surface area (TPSA) is 232 Å². The van der Waals surface area contributed by atoms with Crippen LogP contribution in [0, 0.1) is 0 Å². The van der Waals surface area contributed by atoms with E-state index in [0.29, 0.717) is 86.4 Å². The number of carboxylic acid groups (broad SMARTS) is 4. The molecule has 2 aliphatic rings. The Bertz CT molecular complexity index is 1360. The summed E-state index contributed by atoms with van der Waals surface area (Å²) in [6.45, 7) is 3.59. The Morgan fingerprint density at radius 2 is 0.846 bits per heavy atom. The van der Waals surface area contributed by atoms with E-state index in [4.69, 9.17) is 29.4 Å². The number of carbonyl (C=O) groups is 4. The minimum atomic E-state index is -0.939. The number of hydrogen-bond donors (Lipinski definition) is 4. The molecule has 2 aliphatic heterocycles. The maximum absolute atomic E-state index is 11.4. The van der Waals surface area contributed by atoms with Gasteiger partial charge in [-0.2, -0.15) is 9.97 Å². The van der Waals surface area contributed by atoms with Crippen molar-refractivity contribution in [2.45, 2.75) is 89.3 Å². The molecule has 4 heterocycles. The fraction of sp³-hybridized carbons (Fsp3) is 0.706. The van der Waals surface area contributed by atoms with Crippen molar-refractivity contribution in [3.8, 4) is 0 Å². The molecule has 18 nitrogen and oxygen atoms in total. The van der Waals surface area contributed by atoms with Crippen molar-refractivity contribution in [2.75, 3.05) is 86.2 Å². The SMILES string of the molecule is COC1CCN(c2nc(N(CCCC(=O)O)CCCC(=O)O)nc3c(N4CCC(OC)CC4)nc(N(CCCC(=O)O)CCCC(=O)O)nc23)CC1. The highest BCUT2D eigenvalue weighted by molar-refractivity contribution is 5.95. The molecule has 0 bridgehead atoms. The summed E-state index contributed by atoms with van der Waals surface area (Å²) in [7, 11) is 3.37. The van der Waals surface area contributed by atoms with E-state index in [0.717, 1.165) is 25.7 Å². The van der Waals surface area contributed by atoms with Crippen LogP contribution < -0.4 is 19.6 Å². The number of nitrogens with zero attached hydrogens (tertiary/aromatic N) is 8. The number of aliphatic carboxylic acids is 4. The zero-order valence-electron chi connectivity index (χ0n) is 30.1. The number of methoxy groups -OCH3 is 2. The van der Waals surface area contributed by atoms with Crippen LogP contribution in [0.15, 0.2) is 0 Å². The molecule has 288 valence electrons. The Morgan fingerprint density at radius 3 is 1.10 bits per heavy atom. The smallest absolute Gasteiger partial charge is 0.303 e. The van der Waals surface area contributed by atoms with Crippen molar-refractivity contribution in [3.05, 3.63) is 0 Å². The van der Waals surface area contributed by atoms with E-state index in [9.17, 15) is 39.6 Å². The Labute approximate surface area is 302 Å². The zero-order valence-corrected chi connectivity index (χ0v) is 30.1. The summed E-state index contributed by atoms with van der Waals surface area (Å²) in [5.41, 5.74) is 0.956. The van der Waals surface area contributed by atoms with E-state index >= 15 is 0 Å². The second kappa shape index (κ2) is 19.9. The molecular formula is C34H52N8O10. The van der Waals surface area contributed by atoms with Crippen LogP contribution in [-0.2, 0) is 28.7 Å². The molecule has 2 saturated heterocycles. The summed E-state index contributed by atoms with van der Waals surface area (Å²) in [4.78, 5) is 73.8. The van der Waals surface area contributed by atoms with Crippen molar-refractivity contribution in [3.63, 3.8) is 0 Å². The largest absolute Gasteiger partial charge is 0.481 e. The molecule has 0 aromatic carbocycles. The van der Waals surface area contributed by atoms with Gasteiger partial charge >= 0.3 is 23.9 Å². The predicted molar refractivity (Wildman–Crippen MR) is 192 cm³/mol. The van der Waals surface area contributed by atoms with Gasteiger partial charge in [-0.3, -0.25) is 19.2 Å². The van der Waals surface area contributed by atoms with Gasteiger partial charge in [-0.25, -0.2) is 9.97 Å². The number of rotatable bonds is 22. The fourth-order valence-electron chi connectivity index (χ4n) is 6.60. The van der Waals surface area contributed by atoms with Gasteiger partial charge in [0.25, 0.3) is 0 Å². The molecule has 4 rings (SSSR count). The second-order valence-electron chi connectivity index (χ2n) is 13.2. The van der Waals surface area contributed by atoms with Gasteiger partial charge in [-0.05, 0) is 51.4 Å². The lowest BCUT2D eigenvalue weighted by molar-refractivity contribution is -0.138. The average Bonchev–Trinajstić information content (AvgIpc) is 3.12. The summed E-state index contributed by atoms with van der Waals surface area (Å²) in [5, 5.41) is 37.4. The summed E-state index contributed by atoms with van der Waals surface area (Å²) in [5.74, 6) is -2.03. The normalized spacial score (nSPS) is 15.6. The summed E-state index contributed by atoms with van der Waals surface area (Å²) in [6.07, 6.45) is 4.00. The molecule has 2 aromatic heterocycles. The molecular weight excluding hydrogens is 680 g/mol. The van der Waals surface area contributed by atoms with Gasteiger partial charge in [0.2, 0.25) is 11.9 Å². The Morgan fingerprint density at radius 1 is 0.558 bits per heavy atom. The molecule has 0 unspecified atom stereocenters. The fourth-order valence-corrected chi connectivity index (χ4v) is 6.60. The number of aromatic nitrogens is 4. The number of carboxylic acids is 4. The minimum Gasteiger partial charge on any atom is -0.481 e. The Balaban J connectivity index is 1.90. The Kier molecular flexibility index (Phi) is 15.4. The number of fused-ring (bicyclic) bond motifs is 1. The molecule has 2 fully saturated rings. The second-order valence-corrected chi connectivity index (χ2v) is 13.2. The van der Waals surface area contributed by atoms with Crippen molar-refractivity contribution in [1.29, 1.82) is 0 Å². The van der Waals surface area contributed by atoms with Gasteiger partial charge in [0, 0.05) is 92.3 Å². The quantitative estimate of drug-likeness (QED) is 0.136. The van der Waals surface area contributed by atoms with E-state index in [2.05, 4.69) is 9.80 Å². The van der Waals surface area contributed by atoms with E-state index in [-0.39, 0.29) is 64.1 Å². The third-order valence-electron chi connectivity index (χ3n) is 9.47. The van der Waals surface area contributed by atoms with Gasteiger partial charge in [0.15, 0.2) is 11.6 Å². The van der Waals surface area contributed by atoms with E-state index < -0.39 is 23.9 Å². The first-order chi connectivity index (χ1) is 25.0. The van der Waals surface area contributed by atoms with Gasteiger partial charge in [-0.1, -0.05) is 0 Å². The zero-order chi connectivity index (χ0) is 37.6. The van der Waals surface area contributed by atoms with E-state index in [1.807, 2.05) is 9.80 Å². The minimum absolute atomic E-state index is 0.0772. The highest BCUT2D eigenvalue weighted by atomic mass is 16.5. The highest BCUT2D eigenvalue weighted by Gasteiger charge is 2.30. The maximum Gasteiger partial charge on any atom is 0.303 e. The van der Waals surface area contributed by atoms with Crippen LogP contribution in [0.2, 0.25) is 0 Å². The van der Waals surface area contributed by atoms with Crippen LogP contribution in [0.25, 0.3) is 11.0 Å². The lowest BCUT2D eigenvalue weighted by atomic mass is 10.1. The van der Waals surface area contributed by atoms with Crippen molar-refractivity contribution >= 4 is 58.4 Å². The van der Waals surface area contributed by atoms with Crippen molar-refractivity contribution < 1.29 is 49.1 Å². The number of hydrogen-bond acceptors (Lipinski definition) is 14. The first-order valence-electron chi connectivity index (χ1n) is 18.0. The lowest BCUT2D eigenvalue weighted by Crippen LogP contribution is -2.39. The number of ether oxygens (including phenoxy) is 2.